The number of hydrogen-bond acceptors (Lipinski definition) is 0. The zero-order valence-corrected chi connectivity index (χ0v) is 12.5. The van der Waals surface area contributed by atoms with Gasteiger partial charge in [-0.05, 0) is 10.9 Å². The highest BCUT2D eigenvalue weighted by molar-refractivity contribution is 7.94. The minimum Gasteiger partial charge on any atom is -0.418 e. The highest BCUT2D eigenvalue weighted by Crippen LogP contribution is 2.12. The number of rotatable bonds is 4. The van der Waals surface area contributed by atoms with Crippen molar-refractivity contribution in [2.45, 2.75) is 11.5 Å². The van der Waals surface area contributed by atoms with Gasteiger partial charge in [-0.2, -0.15) is 0 Å². The standard InChI is InChI=1S/C15H17S.BF4/c1-16(12-14-8-4-2-5-9-14)13-15-10-6-3-7-11-15;2-1(3,4)5/h2-11H,12-13H2,1H3;/q+1;-1. The van der Waals surface area contributed by atoms with Crippen molar-refractivity contribution in [2.75, 3.05) is 6.26 Å². The lowest BCUT2D eigenvalue weighted by Crippen LogP contribution is -2.06. The van der Waals surface area contributed by atoms with Crippen LogP contribution < -0.4 is 0 Å². The van der Waals surface area contributed by atoms with Crippen LogP contribution in [0.5, 0.6) is 0 Å². The van der Waals surface area contributed by atoms with Crippen molar-refractivity contribution in [1.82, 2.24) is 0 Å². The predicted octanol–water partition coefficient (Wildman–Crippen LogP) is 4.93. The number of benzene rings is 2. The molecular formula is C15H17BF4S. The Hall–Kier alpha value is -1.43. The third kappa shape index (κ3) is 10.0. The van der Waals surface area contributed by atoms with Gasteiger partial charge in [0.05, 0.1) is 6.26 Å². The fourth-order valence-corrected chi connectivity index (χ4v) is 3.39. The van der Waals surface area contributed by atoms with Gasteiger partial charge in [-0.15, -0.1) is 0 Å². The summed E-state index contributed by atoms with van der Waals surface area (Å²) >= 11 is 0. The number of halogens is 4. The smallest absolute Gasteiger partial charge is 0.418 e. The van der Waals surface area contributed by atoms with Crippen LogP contribution in [0.25, 0.3) is 0 Å². The molecule has 0 aliphatic rings. The van der Waals surface area contributed by atoms with Gasteiger partial charge in [0.15, 0.2) is 0 Å². The summed E-state index contributed by atoms with van der Waals surface area (Å²) in [6.45, 7) is 0. The Kier molecular flexibility index (Phi) is 7.36. The van der Waals surface area contributed by atoms with Crippen LogP contribution in [0.4, 0.5) is 17.3 Å². The Morgan fingerprint density at radius 2 is 1.00 bits per heavy atom. The number of hydrogen-bond donors (Lipinski definition) is 0. The lowest BCUT2D eigenvalue weighted by molar-refractivity contribution is 0.368. The average molecular weight is 316 g/mol. The van der Waals surface area contributed by atoms with E-state index >= 15 is 0 Å². The van der Waals surface area contributed by atoms with Gasteiger partial charge in [0.25, 0.3) is 0 Å². The Morgan fingerprint density at radius 1 is 0.714 bits per heavy atom. The Bertz CT molecular complexity index is 455. The highest BCUT2D eigenvalue weighted by Gasteiger charge is 2.20. The molecule has 0 atom stereocenters. The zero-order valence-electron chi connectivity index (χ0n) is 11.7. The van der Waals surface area contributed by atoms with E-state index in [9.17, 15) is 17.3 Å². The van der Waals surface area contributed by atoms with Crippen LogP contribution in [0.15, 0.2) is 60.7 Å². The van der Waals surface area contributed by atoms with Crippen LogP contribution in [0.1, 0.15) is 11.1 Å². The van der Waals surface area contributed by atoms with Gasteiger partial charge in [-0.1, -0.05) is 60.7 Å². The maximum Gasteiger partial charge on any atom is 0.673 e. The Morgan fingerprint density at radius 3 is 1.29 bits per heavy atom. The first-order valence-corrected chi connectivity index (χ1v) is 8.36. The third-order valence-corrected chi connectivity index (χ3v) is 4.16. The zero-order chi connectivity index (χ0) is 15.7. The van der Waals surface area contributed by atoms with E-state index in [1.54, 1.807) is 0 Å². The molecular weight excluding hydrogens is 299 g/mol. The molecule has 0 bridgehead atoms. The molecule has 0 saturated heterocycles. The fourth-order valence-electron chi connectivity index (χ4n) is 1.77. The molecule has 0 aliphatic carbocycles. The van der Waals surface area contributed by atoms with E-state index in [0.29, 0.717) is 10.9 Å². The molecule has 0 radical (unpaired) electrons. The Balaban J connectivity index is 0.000000383. The van der Waals surface area contributed by atoms with Gasteiger partial charge in [0.2, 0.25) is 0 Å². The van der Waals surface area contributed by atoms with E-state index in [0.717, 1.165) is 0 Å². The summed E-state index contributed by atoms with van der Waals surface area (Å²) in [6, 6.07) is 21.5. The second-order valence-electron chi connectivity index (χ2n) is 4.54. The molecule has 114 valence electrons. The van der Waals surface area contributed by atoms with Crippen molar-refractivity contribution in [2.24, 2.45) is 0 Å². The minimum absolute atomic E-state index is 0.428. The summed E-state index contributed by atoms with van der Waals surface area (Å²) in [7, 11) is -5.57. The van der Waals surface area contributed by atoms with E-state index in [-0.39, 0.29) is 0 Å². The van der Waals surface area contributed by atoms with Crippen LogP contribution in [0, 0.1) is 0 Å². The molecule has 2 aromatic rings. The monoisotopic (exact) mass is 316 g/mol. The lowest BCUT2D eigenvalue weighted by atomic mass is 10.2. The summed E-state index contributed by atoms with van der Waals surface area (Å²) in [6.07, 6.45) is 2.35. The maximum absolute atomic E-state index is 9.75. The molecule has 2 aromatic carbocycles. The predicted molar refractivity (Wildman–Crippen MR) is 83.8 cm³/mol. The van der Waals surface area contributed by atoms with Gasteiger partial charge >= 0.3 is 7.25 Å². The van der Waals surface area contributed by atoms with Crippen molar-refractivity contribution in [3.63, 3.8) is 0 Å². The van der Waals surface area contributed by atoms with Crippen LogP contribution in [0.3, 0.4) is 0 Å². The fraction of sp³-hybridized carbons (Fsp3) is 0.200. The van der Waals surface area contributed by atoms with Crippen molar-refractivity contribution in [1.29, 1.82) is 0 Å². The average Bonchev–Trinajstić information content (AvgIpc) is 2.39. The van der Waals surface area contributed by atoms with Crippen LogP contribution in [0.2, 0.25) is 0 Å². The second-order valence-corrected chi connectivity index (χ2v) is 6.68. The summed E-state index contributed by atoms with van der Waals surface area (Å²) in [5.74, 6) is 2.38. The van der Waals surface area contributed by atoms with Crippen molar-refractivity contribution >= 4 is 18.1 Å². The minimum atomic E-state index is -6.00. The van der Waals surface area contributed by atoms with Crippen molar-refractivity contribution in [3.05, 3.63) is 71.8 Å². The van der Waals surface area contributed by atoms with E-state index < -0.39 is 7.25 Å². The largest absolute Gasteiger partial charge is 0.673 e. The van der Waals surface area contributed by atoms with Gasteiger partial charge in [0.1, 0.15) is 11.5 Å². The first-order valence-electron chi connectivity index (χ1n) is 6.39. The SMILES string of the molecule is C[S+](Cc1ccccc1)Cc1ccccc1.F[B-](F)(F)F. The molecule has 0 heterocycles. The molecule has 0 fully saturated rings. The normalized spacial score (nSPS) is 11.0. The van der Waals surface area contributed by atoms with Crippen LogP contribution in [-0.4, -0.2) is 13.5 Å². The molecule has 6 heteroatoms. The van der Waals surface area contributed by atoms with E-state index in [1.165, 1.54) is 22.6 Å². The van der Waals surface area contributed by atoms with Gasteiger partial charge in [0, 0.05) is 11.1 Å². The molecule has 0 amide bonds. The van der Waals surface area contributed by atoms with Gasteiger partial charge in [-0.3, -0.25) is 0 Å². The molecule has 0 nitrogen and oxygen atoms in total. The van der Waals surface area contributed by atoms with Crippen molar-refractivity contribution < 1.29 is 17.3 Å². The summed E-state index contributed by atoms with van der Waals surface area (Å²) in [4.78, 5) is 0. The lowest BCUT2D eigenvalue weighted by Gasteiger charge is -2.03. The first kappa shape index (κ1) is 17.6. The van der Waals surface area contributed by atoms with E-state index in [1.807, 2.05) is 0 Å². The molecule has 0 spiro atoms. The summed E-state index contributed by atoms with van der Waals surface area (Å²) in [5, 5.41) is 0. The van der Waals surface area contributed by atoms with Crippen LogP contribution in [-0.2, 0) is 22.4 Å². The summed E-state index contributed by atoms with van der Waals surface area (Å²) in [5.41, 5.74) is 2.90. The Labute approximate surface area is 125 Å². The van der Waals surface area contributed by atoms with E-state index in [2.05, 4.69) is 66.9 Å². The molecule has 0 unspecified atom stereocenters. The van der Waals surface area contributed by atoms with Gasteiger partial charge in [-0.25, -0.2) is 0 Å². The van der Waals surface area contributed by atoms with Crippen LogP contribution >= 0.6 is 0 Å². The highest BCUT2D eigenvalue weighted by atomic mass is 32.2. The quantitative estimate of drug-likeness (QED) is 0.426. The second kappa shape index (κ2) is 8.77. The third-order valence-electron chi connectivity index (χ3n) is 2.51. The van der Waals surface area contributed by atoms with E-state index in [4.69, 9.17) is 0 Å². The molecule has 2 rings (SSSR count). The topological polar surface area (TPSA) is 0 Å². The maximum atomic E-state index is 9.75. The summed E-state index contributed by atoms with van der Waals surface area (Å²) < 4.78 is 39.0. The van der Waals surface area contributed by atoms with Crippen molar-refractivity contribution in [3.8, 4) is 0 Å². The van der Waals surface area contributed by atoms with Gasteiger partial charge < -0.3 is 17.3 Å². The molecule has 0 aliphatic heterocycles. The molecule has 0 aromatic heterocycles. The molecule has 21 heavy (non-hydrogen) atoms. The first-order chi connectivity index (χ1) is 9.84. The molecule has 0 N–H and O–H groups in total. The molecule has 0 saturated carbocycles.